The van der Waals surface area contributed by atoms with E-state index in [-0.39, 0.29) is 12.9 Å². The summed E-state index contributed by atoms with van der Waals surface area (Å²) >= 11 is 0. The third kappa shape index (κ3) is 7.78. The summed E-state index contributed by atoms with van der Waals surface area (Å²) in [5.74, 6) is 0. The molecule has 0 aliphatic carbocycles. The summed E-state index contributed by atoms with van der Waals surface area (Å²) < 4.78 is 10.3. The van der Waals surface area contributed by atoms with Crippen molar-refractivity contribution in [3.63, 3.8) is 0 Å². The van der Waals surface area contributed by atoms with Crippen LogP contribution in [0.25, 0.3) is 0 Å². The van der Waals surface area contributed by atoms with Crippen molar-refractivity contribution in [1.82, 2.24) is 0 Å². The van der Waals surface area contributed by atoms with Gasteiger partial charge in [-0.05, 0) is 13.3 Å². The number of aliphatic hydroxyl groups excluding tert-OH is 1. The van der Waals surface area contributed by atoms with Crippen molar-refractivity contribution in [1.29, 1.82) is 0 Å². The molecule has 1 atom stereocenters. The molecule has 0 aromatic carbocycles. The van der Waals surface area contributed by atoms with Gasteiger partial charge in [0.15, 0.2) is 6.29 Å². The Labute approximate surface area is 68.3 Å². The van der Waals surface area contributed by atoms with Crippen LogP contribution in [-0.4, -0.2) is 31.2 Å². The molecular weight excluding hydrogens is 144 g/mol. The Balaban J connectivity index is 3.02. The summed E-state index contributed by atoms with van der Waals surface area (Å²) in [7, 11) is 0. The van der Waals surface area contributed by atoms with Crippen LogP contribution in [0, 0.1) is 0 Å². The molecule has 0 saturated heterocycles. The molecule has 0 radical (unpaired) electrons. The van der Waals surface area contributed by atoms with E-state index in [9.17, 15) is 0 Å². The second-order valence-corrected chi connectivity index (χ2v) is 2.39. The van der Waals surface area contributed by atoms with Gasteiger partial charge in [0.05, 0.1) is 13.2 Å². The van der Waals surface area contributed by atoms with Crippen molar-refractivity contribution in [3.8, 4) is 0 Å². The highest BCUT2D eigenvalue weighted by Crippen LogP contribution is 1.95. The fourth-order valence-corrected chi connectivity index (χ4v) is 0.660. The third-order valence-electron chi connectivity index (χ3n) is 1.29. The zero-order chi connectivity index (χ0) is 8.53. The van der Waals surface area contributed by atoms with Crippen LogP contribution in [0.4, 0.5) is 0 Å². The standard InChI is InChI=1S/C8H18O3/c1-3-4-6-10-8(2)11-7-5-9/h8-9H,3-7H2,1-2H3. The Morgan fingerprint density at radius 2 is 1.91 bits per heavy atom. The van der Waals surface area contributed by atoms with Crippen molar-refractivity contribution in [2.45, 2.75) is 33.0 Å². The van der Waals surface area contributed by atoms with Gasteiger partial charge in [0.2, 0.25) is 0 Å². The van der Waals surface area contributed by atoms with E-state index in [0.717, 1.165) is 19.4 Å². The summed E-state index contributed by atoms with van der Waals surface area (Å²) in [5, 5.41) is 8.41. The van der Waals surface area contributed by atoms with Gasteiger partial charge in [-0.25, -0.2) is 0 Å². The first kappa shape index (κ1) is 10.9. The second-order valence-electron chi connectivity index (χ2n) is 2.39. The summed E-state index contributed by atoms with van der Waals surface area (Å²) in [6, 6.07) is 0. The van der Waals surface area contributed by atoms with Crippen LogP contribution in [0.3, 0.4) is 0 Å². The van der Waals surface area contributed by atoms with E-state index >= 15 is 0 Å². The Morgan fingerprint density at radius 3 is 2.45 bits per heavy atom. The van der Waals surface area contributed by atoms with Gasteiger partial charge < -0.3 is 14.6 Å². The normalized spacial score (nSPS) is 13.4. The zero-order valence-corrected chi connectivity index (χ0v) is 7.38. The van der Waals surface area contributed by atoms with Crippen LogP contribution in [0.5, 0.6) is 0 Å². The minimum Gasteiger partial charge on any atom is -0.394 e. The monoisotopic (exact) mass is 162 g/mol. The van der Waals surface area contributed by atoms with E-state index in [2.05, 4.69) is 6.92 Å². The molecule has 1 N–H and O–H groups in total. The molecular formula is C8H18O3. The maximum absolute atomic E-state index is 8.41. The number of aliphatic hydroxyl groups is 1. The largest absolute Gasteiger partial charge is 0.394 e. The Hall–Kier alpha value is -0.120. The van der Waals surface area contributed by atoms with E-state index in [1.165, 1.54) is 0 Å². The first-order valence-corrected chi connectivity index (χ1v) is 4.15. The first-order chi connectivity index (χ1) is 5.31. The molecule has 3 nitrogen and oxygen atoms in total. The molecule has 0 aromatic heterocycles. The average molecular weight is 162 g/mol. The van der Waals surface area contributed by atoms with E-state index in [4.69, 9.17) is 14.6 Å². The molecule has 0 aliphatic rings. The molecule has 0 fully saturated rings. The lowest BCUT2D eigenvalue weighted by Crippen LogP contribution is -2.15. The maximum atomic E-state index is 8.41. The van der Waals surface area contributed by atoms with Crippen molar-refractivity contribution in [2.24, 2.45) is 0 Å². The predicted molar refractivity (Wildman–Crippen MR) is 43.4 cm³/mol. The molecule has 0 aliphatic heterocycles. The minimum atomic E-state index is -0.186. The molecule has 0 aromatic rings. The summed E-state index contributed by atoms with van der Waals surface area (Å²) in [5.41, 5.74) is 0. The van der Waals surface area contributed by atoms with Crippen LogP contribution in [0.15, 0.2) is 0 Å². The van der Waals surface area contributed by atoms with Crippen LogP contribution >= 0.6 is 0 Å². The van der Waals surface area contributed by atoms with E-state index in [1.807, 2.05) is 6.92 Å². The topological polar surface area (TPSA) is 38.7 Å². The quantitative estimate of drug-likeness (QED) is 0.451. The van der Waals surface area contributed by atoms with Crippen molar-refractivity contribution in [3.05, 3.63) is 0 Å². The van der Waals surface area contributed by atoms with Crippen molar-refractivity contribution < 1.29 is 14.6 Å². The van der Waals surface area contributed by atoms with Gasteiger partial charge in [0.25, 0.3) is 0 Å². The highest BCUT2D eigenvalue weighted by Gasteiger charge is 1.99. The zero-order valence-electron chi connectivity index (χ0n) is 7.38. The molecule has 0 spiro atoms. The molecule has 0 rings (SSSR count). The van der Waals surface area contributed by atoms with Crippen molar-refractivity contribution in [2.75, 3.05) is 19.8 Å². The second kappa shape index (κ2) is 7.98. The van der Waals surface area contributed by atoms with Gasteiger partial charge in [-0.3, -0.25) is 0 Å². The fraction of sp³-hybridized carbons (Fsp3) is 1.00. The lowest BCUT2D eigenvalue weighted by molar-refractivity contribution is -0.136. The van der Waals surface area contributed by atoms with E-state index in [0.29, 0.717) is 6.61 Å². The highest BCUT2D eigenvalue weighted by molar-refractivity contribution is 4.35. The first-order valence-electron chi connectivity index (χ1n) is 4.15. The number of hydrogen-bond acceptors (Lipinski definition) is 3. The van der Waals surface area contributed by atoms with Crippen LogP contribution in [0.2, 0.25) is 0 Å². The number of hydrogen-bond donors (Lipinski definition) is 1. The molecule has 68 valence electrons. The predicted octanol–water partition coefficient (Wildman–Crippen LogP) is 1.16. The van der Waals surface area contributed by atoms with Gasteiger partial charge in [0, 0.05) is 6.61 Å². The van der Waals surface area contributed by atoms with Gasteiger partial charge in [-0.15, -0.1) is 0 Å². The molecule has 11 heavy (non-hydrogen) atoms. The molecule has 0 heterocycles. The number of rotatable bonds is 7. The molecule has 0 amide bonds. The molecule has 0 bridgehead atoms. The van der Waals surface area contributed by atoms with Crippen molar-refractivity contribution >= 4 is 0 Å². The lowest BCUT2D eigenvalue weighted by Gasteiger charge is -2.12. The summed E-state index contributed by atoms with van der Waals surface area (Å²) in [4.78, 5) is 0. The summed E-state index contributed by atoms with van der Waals surface area (Å²) in [6.07, 6.45) is 2.01. The van der Waals surface area contributed by atoms with Crippen LogP contribution < -0.4 is 0 Å². The summed E-state index contributed by atoms with van der Waals surface area (Å²) in [6.45, 7) is 5.10. The number of unbranched alkanes of at least 4 members (excludes halogenated alkanes) is 1. The van der Waals surface area contributed by atoms with Crippen LogP contribution in [-0.2, 0) is 9.47 Å². The minimum absolute atomic E-state index is 0.0570. The third-order valence-corrected chi connectivity index (χ3v) is 1.29. The van der Waals surface area contributed by atoms with E-state index in [1.54, 1.807) is 0 Å². The number of ether oxygens (including phenoxy) is 2. The van der Waals surface area contributed by atoms with Crippen LogP contribution in [0.1, 0.15) is 26.7 Å². The molecule has 0 saturated carbocycles. The Morgan fingerprint density at radius 1 is 1.27 bits per heavy atom. The van der Waals surface area contributed by atoms with Gasteiger partial charge >= 0.3 is 0 Å². The SMILES string of the molecule is CCCCOC(C)OCCO. The maximum Gasteiger partial charge on any atom is 0.154 e. The molecule has 1 unspecified atom stereocenters. The Kier molecular flexibility index (Phi) is 7.89. The Bertz CT molecular complexity index is 75.7. The van der Waals surface area contributed by atoms with E-state index < -0.39 is 0 Å². The average Bonchev–Trinajstić information content (AvgIpc) is 2.01. The fourth-order valence-electron chi connectivity index (χ4n) is 0.660. The van der Waals surface area contributed by atoms with Gasteiger partial charge in [-0.1, -0.05) is 13.3 Å². The molecule has 3 heteroatoms. The highest BCUT2D eigenvalue weighted by atomic mass is 16.7. The lowest BCUT2D eigenvalue weighted by atomic mass is 10.4. The smallest absolute Gasteiger partial charge is 0.154 e. The van der Waals surface area contributed by atoms with Gasteiger partial charge in [-0.2, -0.15) is 0 Å². The van der Waals surface area contributed by atoms with Gasteiger partial charge in [0.1, 0.15) is 0 Å².